The Balaban J connectivity index is 2.48. The number of carboxylic acid groups (broad SMARTS) is 1. The summed E-state index contributed by atoms with van der Waals surface area (Å²) >= 11 is 3.40. The average Bonchev–Trinajstić information content (AvgIpc) is 2.74. The van der Waals surface area contributed by atoms with Crippen LogP contribution >= 0.6 is 15.9 Å². The van der Waals surface area contributed by atoms with Crippen LogP contribution in [0.1, 0.15) is 23.0 Å². The summed E-state index contributed by atoms with van der Waals surface area (Å²) in [6, 6.07) is 5.38. The van der Waals surface area contributed by atoms with Crippen molar-refractivity contribution in [2.45, 2.75) is 13.8 Å². The van der Waals surface area contributed by atoms with Crippen molar-refractivity contribution in [2.24, 2.45) is 0 Å². The summed E-state index contributed by atoms with van der Waals surface area (Å²) in [4.78, 5) is 11.2. The number of benzene rings is 1. The Morgan fingerprint density at radius 1 is 1.53 bits per heavy atom. The molecule has 1 heterocycles. The molecule has 0 saturated heterocycles. The molecule has 6 heteroatoms. The fourth-order valence-electron chi connectivity index (χ4n) is 1.82. The predicted octanol–water partition coefficient (Wildman–Crippen LogP) is 3.24. The van der Waals surface area contributed by atoms with E-state index in [1.165, 1.54) is 0 Å². The van der Waals surface area contributed by atoms with E-state index in [-0.39, 0.29) is 5.56 Å². The van der Waals surface area contributed by atoms with E-state index in [0.717, 1.165) is 15.8 Å². The molecule has 0 radical (unpaired) electrons. The Bertz CT molecular complexity index is 622. The molecule has 0 saturated carbocycles. The normalized spacial score (nSPS) is 10.5. The molecule has 0 amide bonds. The van der Waals surface area contributed by atoms with Crippen molar-refractivity contribution in [1.29, 1.82) is 0 Å². The van der Waals surface area contributed by atoms with Gasteiger partial charge in [-0.1, -0.05) is 0 Å². The minimum Gasteiger partial charge on any atom is -0.493 e. The minimum atomic E-state index is -0.994. The first-order valence-electron chi connectivity index (χ1n) is 5.75. The van der Waals surface area contributed by atoms with Gasteiger partial charge in [0.1, 0.15) is 17.0 Å². The van der Waals surface area contributed by atoms with E-state index in [1.54, 1.807) is 25.1 Å². The van der Waals surface area contributed by atoms with Crippen LogP contribution < -0.4 is 4.74 Å². The summed E-state index contributed by atoms with van der Waals surface area (Å²) in [5, 5.41) is 16.0. The largest absolute Gasteiger partial charge is 0.493 e. The highest BCUT2D eigenvalue weighted by Gasteiger charge is 2.19. The molecule has 0 aliphatic heterocycles. The highest BCUT2D eigenvalue weighted by atomic mass is 79.9. The molecule has 0 aliphatic rings. The molecule has 0 fully saturated rings. The minimum absolute atomic E-state index is 0.191. The number of aromatic amines is 1. The number of hydrogen-bond donors (Lipinski definition) is 2. The Morgan fingerprint density at radius 3 is 2.84 bits per heavy atom. The number of carboxylic acids is 1. The van der Waals surface area contributed by atoms with Gasteiger partial charge in [0.25, 0.3) is 0 Å². The van der Waals surface area contributed by atoms with Crippen LogP contribution in [0.15, 0.2) is 22.7 Å². The standard InChI is InChI=1S/C13H13BrN2O3/c1-3-19-10-5-4-8(6-9(10)14)12-11(13(17)18)7(2)15-16-12/h4-6H,3H2,1-2H3,(H,15,16)(H,17,18). The van der Waals surface area contributed by atoms with Crippen molar-refractivity contribution >= 4 is 21.9 Å². The molecule has 100 valence electrons. The number of nitrogens with zero attached hydrogens (tertiary/aromatic N) is 1. The number of aromatic carboxylic acids is 1. The second kappa shape index (κ2) is 5.44. The van der Waals surface area contributed by atoms with Gasteiger partial charge in [0.15, 0.2) is 0 Å². The summed E-state index contributed by atoms with van der Waals surface area (Å²) in [5.41, 5.74) is 1.87. The number of hydrogen-bond acceptors (Lipinski definition) is 3. The third-order valence-corrected chi connectivity index (χ3v) is 3.29. The smallest absolute Gasteiger partial charge is 0.339 e. The third-order valence-electron chi connectivity index (χ3n) is 2.67. The molecule has 0 atom stereocenters. The fourth-order valence-corrected chi connectivity index (χ4v) is 2.31. The molecule has 0 unspecified atom stereocenters. The maximum absolute atomic E-state index is 11.2. The highest BCUT2D eigenvalue weighted by Crippen LogP contribution is 2.32. The fraction of sp³-hybridized carbons (Fsp3) is 0.231. The van der Waals surface area contributed by atoms with Gasteiger partial charge in [-0.3, -0.25) is 5.10 Å². The van der Waals surface area contributed by atoms with Crippen molar-refractivity contribution in [1.82, 2.24) is 10.2 Å². The first-order valence-corrected chi connectivity index (χ1v) is 6.54. The average molecular weight is 325 g/mol. The summed E-state index contributed by atoms with van der Waals surface area (Å²) in [6.45, 7) is 4.16. The van der Waals surface area contributed by atoms with Crippen molar-refractivity contribution in [3.63, 3.8) is 0 Å². The molecule has 0 spiro atoms. The van der Waals surface area contributed by atoms with Gasteiger partial charge >= 0.3 is 5.97 Å². The van der Waals surface area contributed by atoms with Gasteiger partial charge in [-0.2, -0.15) is 5.10 Å². The van der Waals surface area contributed by atoms with Gasteiger partial charge in [0.05, 0.1) is 11.1 Å². The lowest BCUT2D eigenvalue weighted by molar-refractivity contribution is 0.0697. The quantitative estimate of drug-likeness (QED) is 0.905. The lowest BCUT2D eigenvalue weighted by Gasteiger charge is -2.07. The van der Waals surface area contributed by atoms with Gasteiger partial charge in [-0.15, -0.1) is 0 Å². The summed E-state index contributed by atoms with van der Waals surface area (Å²) in [7, 11) is 0. The Morgan fingerprint density at radius 2 is 2.26 bits per heavy atom. The lowest BCUT2D eigenvalue weighted by atomic mass is 10.1. The van der Waals surface area contributed by atoms with Crippen molar-refractivity contribution in [2.75, 3.05) is 6.61 Å². The number of H-pyrrole nitrogens is 1. The second-order valence-corrected chi connectivity index (χ2v) is 4.81. The zero-order valence-electron chi connectivity index (χ0n) is 10.5. The predicted molar refractivity (Wildman–Crippen MR) is 74.6 cm³/mol. The Hall–Kier alpha value is -1.82. The van der Waals surface area contributed by atoms with Crippen molar-refractivity contribution in [3.05, 3.63) is 33.9 Å². The molecule has 1 aromatic heterocycles. The zero-order chi connectivity index (χ0) is 14.0. The van der Waals surface area contributed by atoms with E-state index in [4.69, 9.17) is 4.74 Å². The SMILES string of the molecule is CCOc1ccc(-c2n[nH]c(C)c2C(=O)O)cc1Br. The number of rotatable bonds is 4. The number of nitrogens with one attached hydrogen (secondary N) is 1. The first-order chi connectivity index (χ1) is 9.04. The molecule has 0 bridgehead atoms. The van der Waals surface area contributed by atoms with Gasteiger partial charge in [0.2, 0.25) is 0 Å². The number of halogens is 1. The molecule has 1 aromatic carbocycles. The lowest BCUT2D eigenvalue weighted by Crippen LogP contribution is -1.99. The van der Waals surface area contributed by atoms with Crippen LogP contribution in [0.2, 0.25) is 0 Å². The topological polar surface area (TPSA) is 75.2 Å². The molecule has 2 aromatic rings. The zero-order valence-corrected chi connectivity index (χ0v) is 12.1. The summed E-state index contributed by atoms with van der Waals surface area (Å²) in [6.07, 6.45) is 0. The van der Waals surface area contributed by atoms with E-state index in [9.17, 15) is 9.90 Å². The van der Waals surface area contributed by atoms with Crippen LogP contribution in [0.25, 0.3) is 11.3 Å². The molecule has 2 N–H and O–H groups in total. The molecule has 5 nitrogen and oxygen atoms in total. The first kappa shape index (κ1) is 13.6. The summed E-state index contributed by atoms with van der Waals surface area (Å²) in [5.74, 6) is -0.276. The molecule has 2 rings (SSSR count). The van der Waals surface area contributed by atoms with Crippen LogP contribution in [0.4, 0.5) is 0 Å². The van der Waals surface area contributed by atoms with Crippen LogP contribution in [-0.4, -0.2) is 27.9 Å². The highest BCUT2D eigenvalue weighted by molar-refractivity contribution is 9.10. The van der Waals surface area contributed by atoms with E-state index in [1.807, 2.05) is 6.92 Å². The van der Waals surface area contributed by atoms with Crippen LogP contribution in [0.3, 0.4) is 0 Å². The maximum atomic E-state index is 11.2. The number of aryl methyl sites for hydroxylation is 1. The third kappa shape index (κ3) is 2.63. The van der Waals surface area contributed by atoms with Gasteiger partial charge < -0.3 is 9.84 Å². The molecular weight excluding hydrogens is 312 g/mol. The molecule has 19 heavy (non-hydrogen) atoms. The monoisotopic (exact) mass is 324 g/mol. The van der Waals surface area contributed by atoms with Crippen molar-refractivity contribution < 1.29 is 14.6 Å². The van der Waals surface area contributed by atoms with Crippen molar-refractivity contribution in [3.8, 4) is 17.0 Å². The molecular formula is C13H13BrN2O3. The van der Waals surface area contributed by atoms with E-state index in [0.29, 0.717) is 18.0 Å². The van der Waals surface area contributed by atoms with Gasteiger partial charge in [0, 0.05) is 11.3 Å². The van der Waals surface area contributed by atoms with E-state index in [2.05, 4.69) is 26.1 Å². The number of carbonyl (C=O) groups is 1. The van der Waals surface area contributed by atoms with Gasteiger partial charge in [-0.05, 0) is 48.0 Å². The maximum Gasteiger partial charge on any atom is 0.339 e. The van der Waals surface area contributed by atoms with E-state index >= 15 is 0 Å². The number of aromatic nitrogens is 2. The van der Waals surface area contributed by atoms with E-state index < -0.39 is 5.97 Å². The number of ether oxygens (including phenoxy) is 1. The Labute approximate surface area is 118 Å². The Kier molecular flexibility index (Phi) is 3.90. The van der Waals surface area contributed by atoms with Crippen LogP contribution in [0.5, 0.6) is 5.75 Å². The second-order valence-electron chi connectivity index (χ2n) is 3.96. The van der Waals surface area contributed by atoms with Crippen LogP contribution in [-0.2, 0) is 0 Å². The van der Waals surface area contributed by atoms with Gasteiger partial charge in [-0.25, -0.2) is 4.79 Å². The summed E-state index contributed by atoms with van der Waals surface area (Å²) < 4.78 is 6.19. The molecule has 0 aliphatic carbocycles. The van der Waals surface area contributed by atoms with Crippen LogP contribution in [0, 0.1) is 6.92 Å².